The fourth-order valence-electron chi connectivity index (χ4n) is 8.22. The van der Waals surface area contributed by atoms with Gasteiger partial charge in [0.2, 0.25) is 0 Å². The smallest absolute Gasteiger partial charge is 0.0540 e. The van der Waals surface area contributed by atoms with Crippen LogP contribution in [-0.2, 0) is 5.41 Å². The van der Waals surface area contributed by atoms with Gasteiger partial charge in [-0.3, -0.25) is 0 Å². The minimum atomic E-state index is -0.0807. The van der Waals surface area contributed by atoms with Crippen LogP contribution in [0.5, 0.6) is 0 Å². The Morgan fingerprint density at radius 2 is 1.11 bits per heavy atom. The molecule has 0 spiro atoms. The average molecular weight is 610 g/mol. The van der Waals surface area contributed by atoms with Gasteiger partial charge < -0.3 is 4.90 Å². The van der Waals surface area contributed by atoms with Crippen molar-refractivity contribution in [2.24, 2.45) is 0 Å². The third-order valence-electron chi connectivity index (χ3n) is 10.7. The molecule has 1 heteroatoms. The van der Waals surface area contributed by atoms with Crippen molar-refractivity contribution in [1.82, 2.24) is 0 Å². The summed E-state index contributed by atoms with van der Waals surface area (Å²) in [6.45, 7) is 6.97. The van der Waals surface area contributed by atoms with E-state index >= 15 is 0 Å². The molecule has 0 bridgehead atoms. The lowest BCUT2D eigenvalue weighted by Gasteiger charge is -2.30. The first-order valence-electron chi connectivity index (χ1n) is 17.4. The highest BCUT2D eigenvalue weighted by molar-refractivity contribution is 5.94. The zero-order valence-electron chi connectivity index (χ0n) is 27.8. The minimum absolute atomic E-state index is 0.0807. The predicted molar refractivity (Wildman–Crippen MR) is 200 cm³/mol. The van der Waals surface area contributed by atoms with Crippen molar-refractivity contribution in [3.05, 3.63) is 162 Å². The molecule has 1 saturated carbocycles. The van der Waals surface area contributed by atoms with E-state index in [4.69, 9.17) is 0 Å². The molecule has 0 radical (unpaired) electrons. The van der Waals surface area contributed by atoms with Crippen LogP contribution in [0.3, 0.4) is 0 Å². The number of hydrogen-bond donors (Lipinski definition) is 0. The van der Waals surface area contributed by atoms with Crippen LogP contribution in [0.15, 0.2) is 140 Å². The van der Waals surface area contributed by atoms with Crippen molar-refractivity contribution in [3.63, 3.8) is 0 Å². The van der Waals surface area contributed by atoms with Crippen LogP contribution < -0.4 is 4.90 Å². The van der Waals surface area contributed by atoms with Gasteiger partial charge in [0.25, 0.3) is 0 Å². The minimum Gasteiger partial charge on any atom is -0.310 e. The highest BCUT2D eigenvalue weighted by Crippen LogP contribution is 2.52. The molecule has 2 aliphatic carbocycles. The number of benzene rings is 6. The van der Waals surface area contributed by atoms with Crippen LogP contribution in [0.4, 0.5) is 17.1 Å². The molecule has 47 heavy (non-hydrogen) atoms. The molecule has 0 heterocycles. The van der Waals surface area contributed by atoms with Gasteiger partial charge in [0, 0.05) is 22.4 Å². The number of rotatable bonds is 6. The summed E-state index contributed by atoms with van der Waals surface area (Å²) in [4.78, 5) is 2.49. The van der Waals surface area contributed by atoms with Crippen molar-refractivity contribution >= 4 is 17.1 Å². The lowest BCUT2D eigenvalue weighted by molar-refractivity contribution is 0.443. The second-order valence-electron chi connectivity index (χ2n) is 14.1. The molecule has 0 unspecified atom stereocenters. The molecule has 6 aromatic rings. The van der Waals surface area contributed by atoms with E-state index < -0.39 is 0 Å². The van der Waals surface area contributed by atoms with Gasteiger partial charge in [-0.25, -0.2) is 0 Å². The molecule has 0 amide bonds. The predicted octanol–water partition coefficient (Wildman–Crippen LogP) is 13.2. The lowest BCUT2D eigenvalue weighted by atomic mass is 9.82. The third kappa shape index (κ3) is 5.28. The number of para-hydroxylation sites is 1. The van der Waals surface area contributed by atoms with Gasteiger partial charge in [-0.1, -0.05) is 148 Å². The monoisotopic (exact) mass is 609 g/mol. The first-order chi connectivity index (χ1) is 23.0. The van der Waals surface area contributed by atoms with Crippen LogP contribution >= 0.6 is 0 Å². The van der Waals surface area contributed by atoms with Crippen LogP contribution in [0.2, 0.25) is 0 Å². The average Bonchev–Trinajstić information content (AvgIpc) is 3.34. The SMILES string of the molecule is Cc1ccc2c(c1)C(C)(C)c1cc(N(c3ccc(C4CCCCC4)cc3)c3ccccc3-c3ccccc3-c3ccccc3)ccc1-2. The highest BCUT2D eigenvalue weighted by Gasteiger charge is 2.36. The standard InChI is InChI=1S/C46H43N/c1-32-22-28-40-41-29-27-37(31-44(41)46(2,3)43(40)30-32)47(36-25-23-34(24-26-36)33-14-6-4-7-15-33)45-21-13-12-20-42(45)39-19-11-10-18-38(39)35-16-8-5-9-17-35/h5,8-13,16-31,33H,4,6-7,14-15H2,1-3H3. The molecular weight excluding hydrogens is 567 g/mol. The summed E-state index contributed by atoms with van der Waals surface area (Å²) in [6, 6.07) is 52.2. The summed E-state index contributed by atoms with van der Waals surface area (Å²) in [5.74, 6) is 0.680. The first-order valence-corrected chi connectivity index (χ1v) is 17.4. The van der Waals surface area contributed by atoms with Gasteiger partial charge in [0.05, 0.1) is 5.69 Å². The first kappa shape index (κ1) is 29.5. The van der Waals surface area contributed by atoms with Crippen LogP contribution in [-0.4, -0.2) is 0 Å². The molecule has 2 aliphatic rings. The van der Waals surface area contributed by atoms with Crippen LogP contribution in [0, 0.1) is 6.92 Å². The zero-order valence-corrected chi connectivity index (χ0v) is 27.8. The number of hydrogen-bond acceptors (Lipinski definition) is 1. The maximum Gasteiger partial charge on any atom is 0.0540 e. The Morgan fingerprint density at radius 1 is 0.511 bits per heavy atom. The fraction of sp³-hybridized carbons (Fsp3) is 0.217. The molecule has 0 saturated heterocycles. The van der Waals surface area contributed by atoms with E-state index in [1.54, 1.807) is 0 Å². The van der Waals surface area contributed by atoms with Gasteiger partial charge in [-0.15, -0.1) is 0 Å². The third-order valence-corrected chi connectivity index (χ3v) is 10.7. The molecule has 1 nitrogen and oxygen atoms in total. The fourth-order valence-corrected chi connectivity index (χ4v) is 8.22. The van der Waals surface area contributed by atoms with E-state index in [1.807, 2.05) is 0 Å². The van der Waals surface area contributed by atoms with Crippen LogP contribution in [0.1, 0.15) is 74.1 Å². The normalized spacial score (nSPS) is 15.2. The van der Waals surface area contributed by atoms with Gasteiger partial charge in [-0.2, -0.15) is 0 Å². The maximum atomic E-state index is 2.49. The van der Waals surface area contributed by atoms with Gasteiger partial charge in [0.15, 0.2) is 0 Å². The van der Waals surface area contributed by atoms with E-state index in [0.717, 1.165) is 0 Å². The quantitative estimate of drug-likeness (QED) is 0.182. The molecule has 0 N–H and O–H groups in total. The summed E-state index contributed by atoms with van der Waals surface area (Å²) in [7, 11) is 0. The zero-order chi connectivity index (χ0) is 32.0. The van der Waals surface area contributed by atoms with E-state index in [1.165, 1.54) is 105 Å². The molecule has 1 fully saturated rings. The Bertz CT molecular complexity index is 2040. The topological polar surface area (TPSA) is 3.24 Å². The van der Waals surface area contributed by atoms with E-state index in [9.17, 15) is 0 Å². The lowest BCUT2D eigenvalue weighted by Crippen LogP contribution is -2.17. The Labute approximate surface area is 280 Å². The molecule has 0 aliphatic heterocycles. The summed E-state index contributed by atoms with van der Waals surface area (Å²) in [5.41, 5.74) is 16.8. The Balaban J connectivity index is 1.30. The Hall–Kier alpha value is -4.88. The summed E-state index contributed by atoms with van der Waals surface area (Å²) in [5, 5.41) is 0. The molecule has 0 atom stereocenters. The van der Waals surface area contributed by atoms with Crippen LogP contribution in [0.25, 0.3) is 33.4 Å². The van der Waals surface area contributed by atoms with Gasteiger partial charge in [0.1, 0.15) is 0 Å². The Kier molecular flexibility index (Phi) is 7.57. The van der Waals surface area contributed by atoms with E-state index in [-0.39, 0.29) is 5.41 Å². The Morgan fingerprint density at radius 3 is 1.85 bits per heavy atom. The molecule has 232 valence electrons. The van der Waals surface area contributed by atoms with Gasteiger partial charge >= 0.3 is 0 Å². The van der Waals surface area contributed by atoms with E-state index in [0.29, 0.717) is 5.92 Å². The maximum absolute atomic E-state index is 2.49. The van der Waals surface area contributed by atoms with Gasteiger partial charge in [-0.05, 0) is 101 Å². The summed E-state index contributed by atoms with van der Waals surface area (Å²) >= 11 is 0. The molecular formula is C46H43N. The van der Waals surface area contributed by atoms with E-state index in [2.05, 4.69) is 165 Å². The van der Waals surface area contributed by atoms with Crippen molar-refractivity contribution in [1.29, 1.82) is 0 Å². The molecule has 6 aromatic carbocycles. The summed E-state index contributed by atoms with van der Waals surface area (Å²) in [6.07, 6.45) is 6.69. The number of aryl methyl sites for hydroxylation is 1. The van der Waals surface area contributed by atoms with Crippen molar-refractivity contribution < 1.29 is 0 Å². The number of fused-ring (bicyclic) bond motifs is 3. The molecule has 8 rings (SSSR count). The number of nitrogens with zero attached hydrogens (tertiary/aromatic N) is 1. The second-order valence-corrected chi connectivity index (χ2v) is 14.1. The largest absolute Gasteiger partial charge is 0.310 e. The second kappa shape index (κ2) is 12.0. The molecule has 0 aromatic heterocycles. The number of anilines is 3. The highest BCUT2D eigenvalue weighted by atomic mass is 15.1. The van der Waals surface area contributed by atoms with Crippen molar-refractivity contribution in [2.45, 2.75) is 64.2 Å². The van der Waals surface area contributed by atoms with Crippen molar-refractivity contribution in [2.75, 3.05) is 4.90 Å². The summed E-state index contributed by atoms with van der Waals surface area (Å²) < 4.78 is 0. The van der Waals surface area contributed by atoms with Crippen molar-refractivity contribution in [3.8, 4) is 33.4 Å².